The summed E-state index contributed by atoms with van der Waals surface area (Å²) in [5, 5.41) is 12.4. The molecule has 1 aliphatic carbocycles. The molecular formula is C18H21N5. The topological polar surface area (TPSA) is 74.5 Å². The van der Waals surface area contributed by atoms with E-state index in [9.17, 15) is 0 Å². The number of aromatic nitrogens is 3. The van der Waals surface area contributed by atoms with Gasteiger partial charge in [0, 0.05) is 11.4 Å². The number of anilines is 1. The summed E-state index contributed by atoms with van der Waals surface area (Å²) in [6.45, 7) is 6.41. The molecule has 23 heavy (non-hydrogen) atoms. The predicted octanol–water partition coefficient (Wildman–Crippen LogP) is 3.16. The van der Waals surface area contributed by atoms with Crippen molar-refractivity contribution < 1.29 is 0 Å². The van der Waals surface area contributed by atoms with Crippen molar-refractivity contribution in [3.63, 3.8) is 0 Å². The fourth-order valence-electron chi connectivity index (χ4n) is 3.18. The van der Waals surface area contributed by atoms with Gasteiger partial charge in [0.15, 0.2) is 0 Å². The molecule has 5 nitrogen and oxygen atoms in total. The molecule has 0 aromatic carbocycles. The van der Waals surface area contributed by atoms with Crippen LogP contribution in [0.5, 0.6) is 0 Å². The van der Waals surface area contributed by atoms with Gasteiger partial charge in [0.2, 0.25) is 0 Å². The van der Waals surface area contributed by atoms with Gasteiger partial charge in [0.25, 0.3) is 0 Å². The summed E-state index contributed by atoms with van der Waals surface area (Å²) in [6.07, 6.45) is 4.61. The Balaban J connectivity index is 1.79. The number of nitrogens with one attached hydrogen (secondary N) is 1. The van der Waals surface area contributed by atoms with E-state index in [-0.39, 0.29) is 0 Å². The van der Waals surface area contributed by atoms with Crippen LogP contribution in [0.15, 0.2) is 6.07 Å². The maximum Gasteiger partial charge on any atom is 0.147 e. The summed E-state index contributed by atoms with van der Waals surface area (Å²) in [7, 11) is 0. The van der Waals surface area contributed by atoms with E-state index < -0.39 is 0 Å². The van der Waals surface area contributed by atoms with Gasteiger partial charge in [-0.15, -0.1) is 0 Å². The molecular weight excluding hydrogens is 286 g/mol. The Morgan fingerprint density at radius 2 is 1.87 bits per heavy atom. The van der Waals surface area contributed by atoms with E-state index in [1.165, 1.54) is 24.1 Å². The second-order valence-corrected chi connectivity index (χ2v) is 6.11. The van der Waals surface area contributed by atoms with Crippen LogP contribution in [0.2, 0.25) is 0 Å². The first-order chi connectivity index (χ1) is 11.1. The van der Waals surface area contributed by atoms with Gasteiger partial charge in [-0.05, 0) is 63.6 Å². The van der Waals surface area contributed by atoms with E-state index in [0.717, 1.165) is 41.4 Å². The van der Waals surface area contributed by atoms with E-state index in [4.69, 9.17) is 10.2 Å². The lowest BCUT2D eigenvalue weighted by atomic mass is 9.95. The molecule has 0 saturated heterocycles. The van der Waals surface area contributed by atoms with Crippen molar-refractivity contribution in [2.75, 3.05) is 5.32 Å². The molecule has 0 spiro atoms. The van der Waals surface area contributed by atoms with Gasteiger partial charge >= 0.3 is 0 Å². The third kappa shape index (κ3) is 3.16. The average molecular weight is 307 g/mol. The quantitative estimate of drug-likeness (QED) is 0.942. The number of aryl methyl sites for hydroxylation is 4. The minimum Gasteiger partial charge on any atom is -0.363 e. The normalized spacial score (nSPS) is 13.3. The fourth-order valence-corrected chi connectivity index (χ4v) is 3.18. The number of hydrogen-bond acceptors (Lipinski definition) is 5. The van der Waals surface area contributed by atoms with Crippen LogP contribution in [0.25, 0.3) is 0 Å². The Hall–Kier alpha value is -2.48. The summed E-state index contributed by atoms with van der Waals surface area (Å²) < 4.78 is 0. The zero-order chi connectivity index (χ0) is 16.4. The van der Waals surface area contributed by atoms with Crippen molar-refractivity contribution in [2.24, 2.45) is 0 Å². The molecule has 0 fully saturated rings. The molecule has 0 bridgehead atoms. The summed E-state index contributed by atoms with van der Waals surface area (Å²) >= 11 is 0. The Bertz CT molecular complexity index is 766. The van der Waals surface area contributed by atoms with Gasteiger partial charge in [-0.25, -0.2) is 15.0 Å². The molecule has 5 heteroatoms. The number of nitriles is 1. The minimum absolute atomic E-state index is 0.548. The van der Waals surface area contributed by atoms with Gasteiger partial charge in [-0.2, -0.15) is 5.26 Å². The summed E-state index contributed by atoms with van der Waals surface area (Å²) in [5.74, 6) is 1.57. The van der Waals surface area contributed by atoms with E-state index in [1.54, 1.807) is 0 Å². The lowest BCUT2D eigenvalue weighted by Gasteiger charge is -2.17. The Labute approximate surface area is 136 Å². The third-order valence-corrected chi connectivity index (χ3v) is 4.37. The highest BCUT2D eigenvalue weighted by Crippen LogP contribution is 2.22. The summed E-state index contributed by atoms with van der Waals surface area (Å²) in [4.78, 5) is 13.8. The van der Waals surface area contributed by atoms with Crippen LogP contribution in [0.1, 0.15) is 52.4 Å². The molecule has 0 aliphatic heterocycles. The van der Waals surface area contributed by atoms with E-state index >= 15 is 0 Å². The van der Waals surface area contributed by atoms with Crippen molar-refractivity contribution >= 4 is 5.82 Å². The molecule has 1 N–H and O–H groups in total. The monoisotopic (exact) mass is 307 g/mol. The summed E-state index contributed by atoms with van der Waals surface area (Å²) in [6, 6.07) is 4.09. The van der Waals surface area contributed by atoms with Gasteiger partial charge in [0.1, 0.15) is 17.7 Å². The zero-order valence-corrected chi connectivity index (χ0v) is 13.9. The van der Waals surface area contributed by atoms with Crippen LogP contribution in [0, 0.1) is 32.1 Å². The molecule has 2 aromatic rings. The Kier molecular flexibility index (Phi) is 4.24. The third-order valence-electron chi connectivity index (χ3n) is 4.37. The average Bonchev–Trinajstić information content (AvgIpc) is 2.53. The molecule has 0 unspecified atom stereocenters. The van der Waals surface area contributed by atoms with Crippen molar-refractivity contribution in [3.8, 4) is 6.07 Å². The summed E-state index contributed by atoms with van der Waals surface area (Å²) in [5.41, 5.74) is 5.98. The van der Waals surface area contributed by atoms with Gasteiger partial charge in [0.05, 0.1) is 17.8 Å². The predicted molar refractivity (Wildman–Crippen MR) is 89.2 cm³/mol. The van der Waals surface area contributed by atoms with E-state index in [0.29, 0.717) is 12.1 Å². The molecule has 3 rings (SSSR count). The van der Waals surface area contributed by atoms with Crippen LogP contribution in [0.4, 0.5) is 5.82 Å². The molecule has 0 saturated carbocycles. The van der Waals surface area contributed by atoms with Crippen LogP contribution >= 0.6 is 0 Å². The first-order valence-corrected chi connectivity index (χ1v) is 8.06. The second-order valence-electron chi connectivity index (χ2n) is 6.11. The lowest BCUT2D eigenvalue weighted by Crippen LogP contribution is -2.14. The molecule has 118 valence electrons. The van der Waals surface area contributed by atoms with Crippen molar-refractivity contribution in [2.45, 2.75) is 53.0 Å². The molecule has 0 atom stereocenters. The van der Waals surface area contributed by atoms with Gasteiger partial charge in [-0.3, -0.25) is 0 Å². The number of nitrogens with zero attached hydrogens (tertiary/aromatic N) is 4. The lowest BCUT2D eigenvalue weighted by molar-refractivity contribution is 0.648. The SMILES string of the molecule is Cc1cc(NCc2nc(C)c3c(n2)CCCC3)nc(C)c1C#N. The molecule has 0 amide bonds. The first kappa shape index (κ1) is 15.4. The molecule has 0 radical (unpaired) electrons. The maximum atomic E-state index is 9.11. The first-order valence-electron chi connectivity index (χ1n) is 8.06. The minimum atomic E-state index is 0.548. The molecule has 2 aromatic heterocycles. The highest BCUT2D eigenvalue weighted by Gasteiger charge is 2.15. The van der Waals surface area contributed by atoms with Crippen LogP contribution < -0.4 is 5.32 Å². The van der Waals surface area contributed by atoms with Crippen LogP contribution in [-0.4, -0.2) is 15.0 Å². The Morgan fingerprint density at radius 3 is 2.61 bits per heavy atom. The highest BCUT2D eigenvalue weighted by atomic mass is 15.0. The number of pyridine rings is 1. The van der Waals surface area contributed by atoms with Crippen LogP contribution in [-0.2, 0) is 19.4 Å². The van der Waals surface area contributed by atoms with Gasteiger partial charge in [-0.1, -0.05) is 0 Å². The largest absolute Gasteiger partial charge is 0.363 e. The van der Waals surface area contributed by atoms with Crippen molar-refractivity contribution in [1.82, 2.24) is 15.0 Å². The van der Waals surface area contributed by atoms with Gasteiger partial charge < -0.3 is 5.32 Å². The maximum absolute atomic E-state index is 9.11. The Morgan fingerprint density at radius 1 is 1.09 bits per heavy atom. The molecule has 1 aliphatic rings. The number of rotatable bonds is 3. The van der Waals surface area contributed by atoms with E-state index in [1.807, 2.05) is 19.9 Å². The van der Waals surface area contributed by atoms with E-state index in [2.05, 4.69) is 28.3 Å². The van der Waals surface area contributed by atoms with Crippen molar-refractivity contribution in [3.05, 3.63) is 45.7 Å². The smallest absolute Gasteiger partial charge is 0.147 e. The number of hydrogen-bond donors (Lipinski definition) is 1. The second kappa shape index (κ2) is 6.33. The molecule has 2 heterocycles. The number of fused-ring (bicyclic) bond motifs is 1. The zero-order valence-electron chi connectivity index (χ0n) is 13.9. The highest BCUT2D eigenvalue weighted by molar-refractivity contribution is 5.48. The fraction of sp³-hybridized carbons (Fsp3) is 0.444. The van der Waals surface area contributed by atoms with Crippen molar-refractivity contribution in [1.29, 1.82) is 5.26 Å². The standard InChI is InChI=1S/C18H21N5/c1-11-8-17(21-13(3)15(11)9-19)20-10-18-22-12(2)14-6-4-5-7-16(14)23-18/h8H,4-7,10H2,1-3H3,(H,20,21). The van der Waals surface area contributed by atoms with Crippen LogP contribution in [0.3, 0.4) is 0 Å².